The van der Waals surface area contributed by atoms with E-state index in [4.69, 9.17) is 5.11 Å². The van der Waals surface area contributed by atoms with Crippen LogP contribution in [0.25, 0.3) is 0 Å². The Morgan fingerprint density at radius 2 is 2.19 bits per heavy atom. The van der Waals surface area contributed by atoms with Gasteiger partial charge in [-0.1, -0.05) is 6.92 Å². The molecule has 1 unspecified atom stereocenters. The van der Waals surface area contributed by atoms with E-state index in [0.29, 0.717) is 4.68 Å². The number of halogens is 3. The summed E-state index contributed by atoms with van der Waals surface area (Å²) in [4.78, 5) is 10.5. The highest BCUT2D eigenvalue weighted by molar-refractivity contribution is 5.69. The number of hydrogen-bond donors (Lipinski definition) is 1. The van der Waals surface area contributed by atoms with Gasteiger partial charge in [-0.2, -0.15) is 18.3 Å². The summed E-state index contributed by atoms with van der Waals surface area (Å²) in [5.74, 6) is -1.81. The molecular formula is C9H11F3N2O2. The number of aliphatic carboxylic acids is 1. The molecule has 16 heavy (non-hydrogen) atoms. The standard InChI is InChI=1S/C9H11F3N2O2/c1-5(8(15)16)3-6-4-7(9(10,11)12)14(2)13-6/h4-5H,3H2,1-2H3,(H,15,16). The van der Waals surface area contributed by atoms with Gasteiger partial charge in [-0.05, 0) is 6.07 Å². The Morgan fingerprint density at radius 1 is 1.62 bits per heavy atom. The SMILES string of the molecule is CC(Cc1cc(C(F)(F)F)n(C)n1)C(=O)O. The van der Waals surface area contributed by atoms with Crippen LogP contribution in [0.15, 0.2) is 6.07 Å². The quantitative estimate of drug-likeness (QED) is 0.869. The number of alkyl halides is 3. The molecule has 0 aliphatic heterocycles. The molecule has 7 heteroatoms. The molecule has 0 aromatic carbocycles. The number of aryl methyl sites for hydroxylation is 1. The second-order valence-corrected chi connectivity index (χ2v) is 3.59. The fraction of sp³-hybridized carbons (Fsp3) is 0.556. The summed E-state index contributed by atoms with van der Waals surface area (Å²) in [6, 6.07) is 0.874. The van der Waals surface area contributed by atoms with Crippen molar-refractivity contribution < 1.29 is 23.1 Å². The van der Waals surface area contributed by atoms with E-state index in [1.54, 1.807) is 0 Å². The van der Waals surface area contributed by atoms with Gasteiger partial charge in [0.2, 0.25) is 0 Å². The van der Waals surface area contributed by atoms with E-state index in [1.807, 2.05) is 0 Å². The Morgan fingerprint density at radius 3 is 2.56 bits per heavy atom. The topological polar surface area (TPSA) is 55.1 Å². The van der Waals surface area contributed by atoms with Gasteiger partial charge in [-0.15, -0.1) is 0 Å². The summed E-state index contributed by atoms with van der Waals surface area (Å²) >= 11 is 0. The largest absolute Gasteiger partial charge is 0.481 e. The van der Waals surface area contributed by atoms with Crippen molar-refractivity contribution in [2.24, 2.45) is 13.0 Å². The van der Waals surface area contributed by atoms with Crippen molar-refractivity contribution in [3.05, 3.63) is 17.5 Å². The predicted octanol–water partition coefficient (Wildman–Crippen LogP) is 1.70. The number of carboxylic acids is 1. The number of aromatic nitrogens is 2. The molecule has 1 heterocycles. The second-order valence-electron chi connectivity index (χ2n) is 3.59. The maximum absolute atomic E-state index is 12.4. The normalized spacial score (nSPS) is 13.8. The number of hydrogen-bond acceptors (Lipinski definition) is 2. The summed E-state index contributed by atoms with van der Waals surface area (Å²) in [5, 5.41) is 12.3. The maximum Gasteiger partial charge on any atom is 0.433 e. The van der Waals surface area contributed by atoms with Gasteiger partial charge < -0.3 is 5.11 Å². The van der Waals surface area contributed by atoms with Crippen LogP contribution < -0.4 is 0 Å². The number of rotatable bonds is 3. The van der Waals surface area contributed by atoms with Crippen molar-refractivity contribution in [2.45, 2.75) is 19.5 Å². The summed E-state index contributed by atoms with van der Waals surface area (Å²) in [6.45, 7) is 1.42. The summed E-state index contributed by atoms with van der Waals surface area (Å²) in [7, 11) is 1.18. The first-order valence-corrected chi connectivity index (χ1v) is 4.54. The lowest BCUT2D eigenvalue weighted by Gasteiger charge is -2.04. The minimum atomic E-state index is -4.47. The molecule has 0 aliphatic carbocycles. The smallest absolute Gasteiger partial charge is 0.433 e. The lowest BCUT2D eigenvalue weighted by molar-refractivity contribution is -0.143. The maximum atomic E-state index is 12.4. The van der Waals surface area contributed by atoms with Gasteiger partial charge in [0.25, 0.3) is 0 Å². The number of carboxylic acid groups (broad SMARTS) is 1. The fourth-order valence-electron chi connectivity index (χ4n) is 1.29. The Labute approximate surface area is 89.7 Å². The van der Waals surface area contributed by atoms with Crippen LogP contribution in [0.3, 0.4) is 0 Å². The van der Waals surface area contributed by atoms with E-state index in [9.17, 15) is 18.0 Å². The molecule has 4 nitrogen and oxygen atoms in total. The molecule has 0 fully saturated rings. The zero-order valence-electron chi connectivity index (χ0n) is 8.75. The van der Waals surface area contributed by atoms with Crippen LogP contribution in [0.1, 0.15) is 18.3 Å². The molecule has 1 N–H and O–H groups in total. The third-order valence-electron chi connectivity index (χ3n) is 2.16. The second kappa shape index (κ2) is 4.15. The zero-order valence-corrected chi connectivity index (χ0v) is 8.75. The Balaban J connectivity index is 2.90. The Hall–Kier alpha value is -1.53. The molecule has 0 aliphatic rings. The van der Waals surface area contributed by atoms with Crippen molar-refractivity contribution in [1.29, 1.82) is 0 Å². The van der Waals surface area contributed by atoms with Crippen LogP contribution in [0.2, 0.25) is 0 Å². The molecule has 0 radical (unpaired) electrons. The molecule has 0 saturated heterocycles. The molecule has 1 aromatic rings. The van der Waals surface area contributed by atoms with Crippen LogP contribution in [-0.2, 0) is 24.4 Å². The average Bonchev–Trinajstić information content (AvgIpc) is 2.45. The summed E-state index contributed by atoms with van der Waals surface area (Å²) in [5.41, 5.74) is -0.746. The van der Waals surface area contributed by atoms with Crippen LogP contribution in [-0.4, -0.2) is 20.9 Å². The van der Waals surface area contributed by atoms with E-state index in [2.05, 4.69) is 5.10 Å². The van der Waals surface area contributed by atoms with Crippen LogP contribution in [0, 0.1) is 5.92 Å². The molecule has 0 bridgehead atoms. The van der Waals surface area contributed by atoms with Gasteiger partial charge in [0, 0.05) is 13.5 Å². The van der Waals surface area contributed by atoms with Gasteiger partial charge in [0.05, 0.1) is 11.6 Å². The minimum Gasteiger partial charge on any atom is -0.481 e. The van der Waals surface area contributed by atoms with Crippen LogP contribution in [0.5, 0.6) is 0 Å². The van der Waals surface area contributed by atoms with Crippen molar-refractivity contribution in [3.63, 3.8) is 0 Å². The third kappa shape index (κ3) is 2.74. The number of nitrogens with zero attached hydrogens (tertiary/aromatic N) is 2. The molecule has 1 rings (SSSR count). The van der Waals surface area contributed by atoms with Gasteiger partial charge in [0.15, 0.2) is 0 Å². The van der Waals surface area contributed by atoms with Gasteiger partial charge in [0.1, 0.15) is 5.69 Å². The lowest BCUT2D eigenvalue weighted by atomic mass is 10.1. The lowest BCUT2D eigenvalue weighted by Crippen LogP contribution is -2.12. The number of carbonyl (C=O) groups is 1. The zero-order chi connectivity index (χ0) is 12.5. The van der Waals surface area contributed by atoms with Gasteiger partial charge >= 0.3 is 12.1 Å². The Bertz CT molecular complexity index is 398. The predicted molar refractivity (Wildman–Crippen MR) is 48.7 cm³/mol. The molecule has 0 saturated carbocycles. The van der Waals surface area contributed by atoms with Gasteiger partial charge in [-0.3, -0.25) is 9.48 Å². The van der Waals surface area contributed by atoms with Crippen molar-refractivity contribution in [2.75, 3.05) is 0 Å². The van der Waals surface area contributed by atoms with Crippen molar-refractivity contribution in [3.8, 4) is 0 Å². The molecule has 0 spiro atoms. The van der Waals surface area contributed by atoms with E-state index < -0.39 is 23.8 Å². The Kier molecular flexibility index (Phi) is 3.25. The molecule has 90 valence electrons. The van der Waals surface area contributed by atoms with E-state index in [0.717, 1.165) is 6.07 Å². The highest BCUT2D eigenvalue weighted by Gasteiger charge is 2.35. The van der Waals surface area contributed by atoms with Crippen molar-refractivity contribution in [1.82, 2.24) is 9.78 Å². The molecular weight excluding hydrogens is 225 g/mol. The first-order valence-electron chi connectivity index (χ1n) is 4.54. The van der Waals surface area contributed by atoms with E-state index in [-0.39, 0.29) is 12.1 Å². The van der Waals surface area contributed by atoms with Crippen molar-refractivity contribution >= 4 is 5.97 Å². The average molecular weight is 236 g/mol. The third-order valence-corrected chi connectivity index (χ3v) is 2.16. The fourth-order valence-corrected chi connectivity index (χ4v) is 1.29. The molecule has 1 aromatic heterocycles. The highest BCUT2D eigenvalue weighted by atomic mass is 19.4. The summed E-state index contributed by atoms with van der Waals surface area (Å²) in [6.07, 6.45) is -4.48. The van der Waals surface area contributed by atoms with Crippen LogP contribution >= 0.6 is 0 Å². The van der Waals surface area contributed by atoms with Gasteiger partial charge in [-0.25, -0.2) is 0 Å². The monoisotopic (exact) mass is 236 g/mol. The molecule has 1 atom stereocenters. The van der Waals surface area contributed by atoms with Crippen LogP contribution in [0.4, 0.5) is 13.2 Å². The molecule has 0 amide bonds. The minimum absolute atomic E-state index is 0.0146. The first kappa shape index (κ1) is 12.5. The van der Waals surface area contributed by atoms with E-state index >= 15 is 0 Å². The highest BCUT2D eigenvalue weighted by Crippen LogP contribution is 2.29. The summed E-state index contributed by atoms with van der Waals surface area (Å²) < 4.78 is 37.9. The van der Waals surface area contributed by atoms with E-state index in [1.165, 1.54) is 14.0 Å². The first-order chi connectivity index (χ1) is 7.21.